The van der Waals surface area contributed by atoms with E-state index in [1.54, 1.807) is 7.05 Å². The van der Waals surface area contributed by atoms with Crippen molar-refractivity contribution in [2.24, 2.45) is 7.05 Å². The molecule has 1 N–H and O–H groups in total. The van der Waals surface area contributed by atoms with Crippen molar-refractivity contribution in [3.05, 3.63) is 57.9 Å². The van der Waals surface area contributed by atoms with Crippen molar-refractivity contribution in [2.45, 2.75) is 19.8 Å². The Labute approximate surface area is 117 Å². The molecular formula is C16H17NO3. The van der Waals surface area contributed by atoms with Gasteiger partial charge >= 0.3 is 5.97 Å². The Balaban J connectivity index is 2.81. The van der Waals surface area contributed by atoms with Crippen LogP contribution in [0, 0.1) is 0 Å². The highest BCUT2D eigenvalue weighted by Gasteiger charge is 2.20. The number of aromatic nitrogens is 1. The molecule has 1 aromatic heterocycles. The van der Waals surface area contributed by atoms with E-state index in [0.717, 1.165) is 24.1 Å². The van der Waals surface area contributed by atoms with Crippen molar-refractivity contribution in [1.29, 1.82) is 0 Å². The van der Waals surface area contributed by atoms with Crippen LogP contribution < -0.4 is 5.43 Å². The number of carbonyl (C=O) groups is 1. The summed E-state index contributed by atoms with van der Waals surface area (Å²) in [6, 6.07) is 10.6. The normalized spacial score (nSPS) is 10.5. The van der Waals surface area contributed by atoms with Crippen LogP contribution in [0.4, 0.5) is 0 Å². The Kier molecular flexibility index (Phi) is 4.03. The zero-order chi connectivity index (χ0) is 14.7. The second kappa shape index (κ2) is 5.74. The van der Waals surface area contributed by atoms with Gasteiger partial charge in [-0.25, -0.2) is 4.79 Å². The number of rotatable bonds is 4. The molecule has 2 aromatic rings. The number of hydrogen-bond donors (Lipinski definition) is 1. The van der Waals surface area contributed by atoms with E-state index in [2.05, 4.69) is 0 Å². The second-order valence-corrected chi connectivity index (χ2v) is 4.70. The molecule has 104 valence electrons. The van der Waals surface area contributed by atoms with Gasteiger partial charge in [-0.1, -0.05) is 43.7 Å². The molecule has 0 aliphatic heterocycles. The smallest absolute Gasteiger partial charge is 0.341 e. The molecule has 2 rings (SSSR count). The summed E-state index contributed by atoms with van der Waals surface area (Å²) < 4.78 is 1.81. The molecule has 1 aromatic carbocycles. The summed E-state index contributed by atoms with van der Waals surface area (Å²) in [5, 5.41) is 9.34. The van der Waals surface area contributed by atoms with Crippen LogP contribution in [-0.4, -0.2) is 15.6 Å². The van der Waals surface area contributed by atoms with E-state index in [-0.39, 0.29) is 5.56 Å². The van der Waals surface area contributed by atoms with Crippen molar-refractivity contribution >= 4 is 5.97 Å². The third-order valence-corrected chi connectivity index (χ3v) is 3.31. The van der Waals surface area contributed by atoms with Crippen molar-refractivity contribution in [3.63, 3.8) is 0 Å². The highest BCUT2D eigenvalue weighted by atomic mass is 16.4. The van der Waals surface area contributed by atoms with Crippen LogP contribution in [0.15, 0.2) is 41.2 Å². The van der Waals surface area contributed by atoms with E-state index in [1.807, 2.05) is 41.8 Å². The first-order valence-corrected chi connectivity index (χ1v) is 6.57. The minimum Gasteiger partial charge on any atom is -0.477 e. The first kappa shape index (κ1) is 14.1. The van der Waals surface area contributed by atoms with Crippen molar-refractivity contribution in [1.82, 2.24) is 4.57 Å². The Hall–Kier alpha value is -2.36. The lowest BCUT2D eigenvalue weighted by atomic mass is 10.0. The maximum Gasteiger partial charge on any atom is 0.341 e. The van der Waals surface area contributed by atoms with E-state index < -0.39 is 11.4 Å². The Morgan fingerprint density at radius 2 is 1.90 bits per heavy atom. The quantitative estimate of drug-likeness (QED) is 0.930. The first-order chi connectivity index (χ1) is 9.56. The summed E-state index contributed by atoms with van der Waals surface area (Å²) in [5.41, 5.74) is 1.45. The molecule has 0 radical (unpaired) electrons. The average molecular weight is 271 g/mol. The number of carboxylic acids is 1. The zero-order valence-electron chi connectivity index (χ0n) is 11.6. The van der Waals surface area contributed by atoms with E-state index in [9.17, 15) is 14.7 Å². The Morgan fingerprint density at radius 1 is 1.25 bits per heavy atom. The van der Waals surface area contributed by atoms with Crippen LogP contribution in [0.2, 0.25) is 0 Å². The fourth-order valence-corrected chi connectivity index (χ4v) is 2.39. The van der Waals surface area contributed by atoms with Gasteiger partial charge in [0.25, 0.3) is 0 Å². The topological polar surface area (TPSA) is 59.3 Å². The lowest BCUT2D eigenvalue weighted by molar-refractivity contribution is 0.0695. The maximum atomic E-state index is 12.1. The first-order valence-electron chi connectivity index (χ1n) is 6.57. The molecule has 0 unspecified atom stereocenters. The lowest BCUT2D eigenvalue weighted by Gasteiger charge is -2.16. The number of aryl methyl sites for hydroxylation is 1. The summed E-state index contributed by atoms with van der Waals surface area (Å²) in [7, 11) is 1.80. The predicted octanol–water partition coefficient (Wildman–Crippen LogP) is 2.70. The van der Waals surface area contributed by atoms with Crippen LogP contribution in [0.1, 0.15) is 29.4 Å². The van der Waals surface area contributed by atoms with E-state index in [0.29, 0.717) is 5.69 Å². The number of benzene rings is 1. The molecule has 4 heteroatoms. The van der Waals surface area contributed by atoms with E-state index in [4.69, 9.17) is 0 Å². The molecule has 0 amide bonds. The molecule has 0 aliphatic carbocycles. The highest BCUT2D eigenvalue weighted by Crippen LogP contribution is 2.22. The summed E-state index contributed by atoms with van der Waals surface area (Å²) >= 11 is 0. The summed E-state index contributed by atoms with van der Waals surface area (Å²) in [6.07, 6.45) is 1.64. The second-order valence-electron chi connectivity index (χ2n) is 4.70. The van der Waals surface area contributed by atoms with Crippen molar-refractivity contribution in [2.75, 3.05) is 0 Å². The van der Waals surface area contributed by atoms with Gasteiger partial charge < -0.3 is 9.67 Å². The molecule has 4 nitrogen and oxygen atoms in total. The Morgan fingerprint density at radius 3 is 2.45 bits per heavy atom. The molecule has 1 heterocycles. The molecule has 20 heavy (non-hydrogen) atoms. The highest BCUT2D eigenvalue weighted by molar-refractivity contribution is 5.94. The van der Waals surface area contributed by atoms with E-state index >= 15 is 0 Å². The number of carboxylic acid groups (broad SMARTS) is 1. The average Bonchev–Trinajstić information content (AvgIpc) is 2.43. The number of hydrogen-bond acceptors (Lipinski definition) is 2. The molecule has 0 aliphatic rings. The van der Waals surface area contributed by atoms with Crippen molar-refractivity contribution < 1.29 is 9.90 Å². The zero-order valence-corrected chi connectivity index (χ0v) is 11.6. The largest absolute Gasteiger partial charge is 0.477 e. The molecule has 0 saturated carbocycles. The summed E-state index contributed by atoms with van der Waals surface area (Å²) in [5.74, 6) is -1.19. The maximum absolute atomic E-state index is 12.1. The minimum atomic E-state index is -1.19. The standard InChI is InChI=1S/C16H17NO3/c1-3-7-12-10-13(18)14(16(19)20)15(17(12)2)11-8-5-4-6-9-11/h4-6,8-10H,3,7H2,1-2H3,(H,19,20). The summed E-state index contributed by atoms with van der Waals surface area (Å²) in [4.78, 5) is 23.5. The monoisotopic (exact) mass is 271 g/mol. The van der Waals surface area contributed by atoms with Crippen molar-refractivity contribution in [3.8, 4) is 11.3 Å². The minimum absolute atomic E-state index is 0.168. The van der Waals surface area contributed by atoms with Crippen LogP contribution in [-0.2, 0) is 13.5 Å². The van der Waals surface area contributed by atoms with Crippen LogP contribution in [0.5, 0.6) is 0 Å². The van der Waals surface area contributed by atoms with Gasteiger partial charge in [0.1, 0.15) is 5.56 Å². The van der Waals surface area contributed by atoms with Gasteiger partial charge in [0.2, 0.25) is 0 Å². The van der Waals surface area contributed by atoms with Gasteiger partial charge in [-0.3, -0.25) is 4.79 Å². The fraction of sp³-hybridized carbons (Fsp3) is 0.250. The van der Waals surface area contributed by atoms with Gasteiger partial charge in [0.05, 0.1) is 5.69 Å². The van der Waals surface area contributed by atoms with Gasteiger partial charge in [0, 0.05) is 18.8 Å². The third-order valence-electron chi connectivity index (χ3n) is 3.31. The number of aromatic carboxylic acids is 1. The lowest BCUT2D eigenvalue weighted by Crippen LogP contribution is -2.22. The molecule has 0 atom stereocenters. The molecule has 0 bridgehead atoms. The van der Waals surface area contributed by atoms with Gasteiger partial charge in [-0.05, 0) is 12.0 Å². The number of nitrogens with zero attached hydrogens (tertiary/aromatic N) is 1. The fourth-order valence-electron chi connectivity index (χ4n) is 2.39. The molecule has 0 fully saturated rings. The van der Waals surface area contributed by atoms with Gasteiger partial charge in [-0.2, -0.15) is 0 Å². The number of pyridine rings is 1. The third kappa shape index (κ3) is 2.50. The molecular weight excluding hydrogens is 254 g/mol. The van der Waals surface area contributed by atoms with E-state index in [1.165, 1.54) is 6.07 Å². The summed E-state index contributed by atoms with van der Waals surface area (Å²) in [6.45, 7) is 2.03. The SMILES string of the molecule is CCCc1cc(=O)c(C(=O)O)c(-c2ccccc2)n1C. The molecule has 0 spiro atoms. The predicted molar refractivity (Wildman–Crippen MR) is 78.1 cm³/mol. The van der Waals surface area contributed by atoms with Gasteiger partial charge in [-0.15, -0.1) is 0 Å². The van der Waals surface area contributed by atoms with Crippen LogP contribution in [0.25, 0.3) is 11.3 Å². The molecule has 0 saturated heterocycles. The van der Waals surface area contributed by atoms with Crippen LogP contribution in [0.3, 0.4) is 0 Å². The van der Waals surface area contributed by atoms with Gasteiger partial charge in [0.15, 0.2) is 5.43 Å². The Bertz CT molecular complexity index is 687. The van der Waals surface area contributed by atoms with Crippen LogP contribution >= 0.6 is 0 Å².